The van der Waals surface area contributed by atoms with Gasteiger partial charge in [0.15, 0.2) is 5.65 Å². The van der Waals surface area contributed by atoms with Gasteiger partial charge in [-0.2, -0.15) is 0 Å². The second-order valence-electron chi connectivity index (χ2n) is 7.74. The minimum absolute atomic E-state index is 0.00646. The largest absolute Gasteiger partial charge is 0.356 e. The zero-order valence-electron chi connectivity index (χ0n) is 17.0. The Morgan fingerprint density at radius 2 is 1.97 bits per heavy atom. The van der Waals surface area contributed by atoms with E-state index in [1.807, 2.05) is 37.3 Å². The van der Waals surface area contributed by atoms with Crippen molar-refractivity contribution in [3.05, 3.63) is 70.3 Å². The van der Waals surface area contributed by atoms with E-state index >= 15 is 0 Å². The average Bonchev–Trinajstić information content (AvgIpc) is 3.27. The summed E-state index contributed by atoms with van der Waals surface area (Å²) < 4.78 is 2.90. The second-order valence-corrected chi connectivity index (χ2v) is 7.74. The van der Waals surface area contributed by atoms with Crippen molar-refractivity contribution in [1.82, 2.24) is 24.4 Å². The van der Waals surface area contributed by atoms with E-state index in [-0.39, 0.29) is 29.8 Å². The Morgan fingerprint density at radius 3 is 2.73 bits per heavy atom. The van der Waals surface area contributed by atoms with E-state index in [2.05, 4.69) is 10.4 Å². The van der Waals surface area contributed by atoms with Crippen LogP contribution in [0.2, 0.25) is 0 Å². The van der Waals surface area contributed by atoms with Gasteiger partial charge < -0.3 is 10.2 Å². The van der Waals surface area contributed by atoms with Crippen molar-refractivity contribution in [3.8, 4) is 0 Å². The number of likely N-dealkylation sites (tertiary alicyclic amines) is 1. The summed E-state index contributed by atoms with van der Waals surface area (Å²) in [6, 6.07) is 13.5. The zero-order chi connectivity index (χ0) is 21.1. The first kappa shape index (κ1) is 19.9. The van der Waals surface area contributed by atoms with Crippen LogP contribution in [0, 0.1) is 12.8 Å². The number of fused-ring (bicyclic) bond motifs is 1. The number of rotatable bonds is 7. The average molecular weight is 407 g/mol. The molecule has 0 aliphatic carbocycles. The molecule has 0 bridgehead atoms. The minimum Gasteiger partial charge on any atom is -0.356 e. The molecular weight excluding hydrogens is 382 g/mol. The quantitative estimate of drug-likeness (QED) is 0.599. The molecule has 1 saturated heterocycles. The van der Waals surface area contributed by atoms with Crippen LogP contribution < -0.4 is 11.0 Å². The Labute approximate surface area is 174 Å². The lowest BCUT2D eigenvalue weighted by atomic mass is 10.1. The molecule has 1 aliphatic heterocycles. The van der Waals surface area contributed by atoms with Crippen molar-refractivity contribution in [2.45, 2.75) is 32.9 Å². The Hall–Kier alpha value is -3.42. The molecule has 1 N–H and O–H groups in total. The van der Waals surface area contributed by atoms with Crippen LogP contribution in [0.25, 0.3) is 5.65 Å². The number of hydrogen-bond acceptors (Lipinski definition) is 4. The first-order chi connectivity index (χ1) is 14.5. The molecule has 30 heavy (non-hydrogen) atoms. The normalized spacial score (nSPS) is 16.4. The number of carbonyl (C=O) groups excluding carboxylic acids is 2. The molecule has 2 aromatic heterocycles. The van der Waals surface area contributed by atoms with Crippen LogP contribution in [0.3, 0.4) is 0 Å². The first-order valence-corrected chi connectivity index (χ1v) is 10.2. The fourth-order valence-corrected chi connectivity index (χ4v) is 3.71. The summed E-state index contributed by atoms with van der Waals surface area (Å²) in [5.74, 6) is -0.440. The molecule has 156 valence electrons. The van der Waals surface area contributed by atoms with E-state index in [1.54, 1.807) is 23.2 Å². The Morgan fingerprint density at radius 1 is 1.17 bits per heavy atom. The number of carbonyl (C=O) groups is 2. The van der Waals surface area contributed by atoms with Gasteiger partial charge in [0.25, 0.3) is 0 Å². The molecule has 1 aromatic carbocycles. The van der Waals surface area contributed by atoms with Crippen LogP contribution >= 0.6 is 0 Å². The van der Waals surface area contributed by atoms with Crippen LogP contribution in [-0.4, -0.2) is 44.0 Å². The molecule has 1 atom stereocenters. The SMILES string of the molecule is Cc1ccc(CN2CC(C(=O)NCCCn3nc4ccccn4c3=O)CC2=O)cc1. The number of pyridine rings is 1. The van der Waals surface area contributed by atoms with Gasteiger partial charge in [0.1, 0.15) is 0 Å². The van der Waals surface area contributed by atoms with Gasteiger partial charge in [-0.15, -0.1) is 5.10 Å². The lowest BCUT2D eigenvalue weighted by Gasteiger charge is -2.17. The number of benzene rings is 1. The van der Waals surface area contributed by atoms with E-state index in [0.717, 1.165) is 5.56 Å². The van der Waals surface area contributed by atoms with E-state index in [1.165, 1.54) is 14.6 Å². The minimum atomic E-state index is -0.333. The predicted molar refractivity (Wildman–Crippen MR) is 112 cm³/mol. The number of nitrogens with zero attached hydrogens (tertiary/aromatic N) is 4. The Kier molecular flexibility index (Phi) is 5.65. The van der Waals surface area contributed by atoms with Crippen LogP contribution in [-0.2, 0) is 22.7 Å². The van der Waals surface area contributed by atoms with Gasteiger partial charge in [0.2, 0.25) is 11.8 Å². The van der Waals surface area contributed by atoms with E-state index < -0.39 is 0 Å². The van der Waals surface area contributed by atoms with Crippen LogP contribution in [0.1, 0.15) is 24.0 Å². The number of nitrogens with one attached hydrogen (secondary N) is 1. The van der Waals surface area contributed by atoms with Crippen molar-refractivity contribution < 1.29 is 9.59 Å². The number of hydrogen-bond donors (Lipinski definition) is 1. The molecule has 1 aliphatic rings. The molecule has 0 saturated carbocycles. The maximum absolute atomic E-state index is 12.5. The lowest BCUT2D eigenvalue weighted by molar-refractivity contribution is -0.129. The number of aromatic nitrogens is 3. The second kappa shape index (κ2) is 8.52. The summed E-state index contributed by atoms with van der Waals surface area (Å²) in [5, 5.41) is 7.17. The van der Waals surface area contributed by atoms with Gasteiger partial charge in [-0.05, 0) is 31.0 Å². The fraction of sp³-hybridized carbons (Fsp3) is 0.364. The molecule has 8 heteroatoms. The molecule has 2 amide bonds. The van der Waals surface area contributed by atoms with Crippen molar-refractivity contribution in [2.24, 2.45) is 5.92 Å². The van der Waals surface area contributed by atoms with Gasteiger partial charge in [0, 0.05) is 38.8 Å². The Balaban J connectivity index is 1.25. The van der Waals surface area contributed by atoms with Crippen molar-refractivity contribution in [1.29, 1.82) is 0 Å². The molecule has 0 radical (unpaired) electrons. The standard InChI is InChI=1S/C22H25N5O3/c1-16-6-8-17(9-7-16)14-25-15-18(13-20(25)28)21(29)23-10-4-12-27-22(30)26-11-3-2-5-19(26)24-27/h2-3,5-9,11,18H,4,10,12-15H2,1H3,(H,23,29). The maximum Gasteiger partial charge on any atom is 0.350 e. The Bertz CT molecular complexity index is 1120. The van der Waals surface area contributed by atoms with Crippen LogP contribution in [0.15, 0.2) is 53.5 Å². The van der Waals surface area contributed by atoms with E-state index in [9.17, 15) is 14.4 Å². The summed E-state index contributed by atoms with van der Waals surface area (Å²) in [5.41, 5.74) is 2.65. The molecule has 8 nitrogen and oxygen atoms in total. The summed E-state index contributed by atoms with van der Waals surface area (Å²) in [7, 11) is 0. The smallest absolute Gasteiger partial charge is 0.350 e. The fourth-order valence-electron chi connectivity index (χ4n) is 3.71. The third kappa shape index (κ3) is 4.27. The molecule has 1 fully saturated rings. The van der Waals surface area contributed by atoms with Gasteiger partial charge in [-0.25, -0.2) is 9.48 Å². The van der Waals surface area contributed by atoms with Crippen molar-refractivity contribution >= 4 is 17.5 Å². The third-order valence-electron chi connectivity index (χ3n) is 5.41. The van der Waals surface area contributed by atoms with Gasteiger partial charge in [-0.1, -0.05) is 35.9 Å². The van der Waals surface area contributed by atoms with Gasteiger partial charge in [0.05, 0.1) is 5.92 Å². The zero-order valence-corrected chi connectivity index (χ0v) is 17.0. The van der Waals surface area contributed by atoms with Gasteiger partial charge >= 0.3 is 5.69 Å². The molecule has 1 unspecified atom stereocenters. The molecule has 3 aromatic rings. The first-order valence-electron chi connectivity index (χ1n) is 10.2. The number of aryl methyl sites for hydroxylation is 2. The monoisotopic (exact) mass is 407 g/mol. The number of amides is 2. The van der Waals surface area contributed by atoms with Gasteiger partial charge in [-0.3, -0.25) is 14.0 Å². The summed E-state index contributed by atoms with van der Waals surface area (Å²) >= 11 is 0. The molecule has 3 heterocycles. The highest BCUT2D eigenvalue weighted by Gasteiger charge is 2.33. The van der Waals surface area contributed by atoms with Crippen molar-refractivity contribution in [3.63, 3.8) is 0 Å². The molecule has 0 spiro atoms. The highest BCUT2D eigenvalue weighted by atomic mass is 16.2. The predicted octanol–water partition coefficient (Wildman–Crippen LogP) is 1.36. The third-order valence-corrected chi connectivity index (χ3v) is 5.41. The van der Waals surface area contributed by atoms with Crippen LogP contribution in [0.5, 0.6) is 0 Å². The summed E-state index contributed by atoms with van der Waals surface area (Å²) in [6.45, 7) is 3.84. The van der Waals surface area contributed by atoms with E-state index in [4.69, 9.17) is 0 Å². The molecule has 4 rings (SSSR count). The lowest BCUT2D eigenvalue weighted by Crippen LogP contribution is -2.34. The van der Waals surface area contributed by atoms with Crippen molar-refractivity contribution in [2.75, 3.05) is 13.1 Å². The van der Waals surface area contributed by atoms with E-state index in [0.29, 0.717) is 38.2 Å². The summed E-state index contributed by atoms with van der Waals surface area (Å²) in [6.07, 6.45) is 2.51. The maximum atomic E-state index is 12.5. The topological polar surface area (TPSA) is 88.7 Å². The highest BCUT2D eigenvalue weighted by molar-refractivity contribution is 5.89. The van der Waals surface area contributed by atoms with Crippen LogP contribution in [0.4, 0.5) is 0 Å². The highest BCUT2D eigenvalue weighted by Crippen LogP contribution is 2.20. The molecular formula is C22H25N5O3. The summed E-state index contributed by atoms with van der Waals surface area (Å²) in [4.78, 5) is 38.8.